The van der Waals surface area contributed by atoms with E-state index in [9.17, 15) is 10.1 Å². The Balaban J connectivity index is 1.67. The summed E-state index contributed by atoms with van der Waals surface area (Å²) < 4.78 is 5.38. The Morgan fingerprint density at radius 3 is 2.56 bits per heavy atom. The highest BCUT2D eigenvalue weighted by atomic mass is 16.6. The van der Waals surface area contributed by atoms with Crippen molar-refractivity contribution in [3.63, 3.8) is 0 Å². The Kier molecular flexibility index (Phi) is 5.14. The summed E-state index contributed by atoms with van der Waals surface area (Å²) in [6.07, 6.45) is 1.30. The third-order valence-electron chi connectivity index (χ3n) is 4.41. The van der Waals surface area contributed by atoms with Crippen molar-refractivity contribution in [1.29, 1.82) is 0 Å². The molecule has 1 aromatic heterocycles. The molecule has 0 saturated carbocycles. The lowest BCUT2D eigenvalue weighted by molar-refractivity contribution is -0.385. The van der Waals surface area contributed by atoms with Gasteiger partial charge in [-0.1, -0.05) is 12.1 Å². The number of rotatable bonds is 5. The van der Waals surface area contributed by atoms with Gasteiger partial charge in [0.15, 0.2) is 0 Å². The molecule has 0 aliphatic carbocycles. The van der Waals surface area contributed by atoms with Crippen molar-refractivity contribution in [1.82, 2.24) is 4.98 Å². The van der Waals surface area contributed by atoms with Crippen molar-refractivity contribution in [3.8, 4) is 0 Å². The second-order valence-corrected chi connectivity index (χ2v) is 6.17. The molecular formula is C18H22N4O3. The number of nitrogens with one attached hydrogen (secondary N) is 1. The average molecular weight is 342 g/mol. The molecule has 1 saturated heterocycles. The predicted octanol–water partition coefficient (Wildman–Crippen LogP) is 3.31. The Morgan fingerprint density at radius 1 is 1.28 bits per heavy atom. The number of hydrogen-bond donors (Lipinski definition) is 1. The van der Waals surface area contributed by atoms with Crippen LogP contribution >= 0.6 is 0 Å². The highest BCUT2D eigenvalue weighted by Gasteiger charge is 2.14. The van der Waals surface area contributed by atoms with E-state index >= 15 is 0 Å². The van der Waals surface area contributed by atoms with Gasteiger partial charge in [0, 0.05) is 30.4 Å². The van der Waals surface area contributed by atoms with Crippen molar-refractivity contribution in [2.75, 3.05) is 36.5 Å². The number of benzene rings is 1. The highest BCUT2D eigenvalue weighted by molar-refractivity contribution is 5.51. The van der Waals surface area contributed by atoms with Crippen LogP contribution in [0.1, 0.15) is 24.1 Å². The Morgan fingerprint density at radius 2 is 1.96 bits per heavy atom. The summed E-state index contributed by atoms with van der Waals surface area (Å²) in [5, 5.41) is 14.2. The summed E-state index contributed by atoms with van der Waals surface area (Å²) in [6.45, 7) is 7.13. The molecule has 2 heterocycles. The minimum atomic E-state index is -0.417. The number of nitro groups is 1. The first-order valence-corrected chi connectivity index (χ1v) is 8.35. The summed E-state index contributed by atoms with van der Waals surface area (Å²) in [5.74, 6) is 0.632. The summed E-state index contributed by atoms with van der Waals surface area (Å²) in [4.78, 5) is 16.9. The van der Waals surface area contributed by atoms with E-state index in [0.717, 1.165) is 31.9 Å². The van der Waals surface area contributed by atoms with E-state index in [-0.39, 0.29) is 11.7 Å². The number of nitrogens with zero attached hydrogens (tertiary/aromatic N) is 3. The summed E-state index contributed by atoms with van der Waals surface area (Å²) in [7, 11) is 0. The molecule has 1 aliphatic heterocycles. The van der Waals surface area contributed by atoms with E-state index in [0.29, 0.717) is 11.4 Å². The Hall–Kier alpha value is -2.67. The summed E-state index contributed by atoms with van der Waals surface area (Å²) in [6, 6.07) is 10.2. The highest BCUT2D eigenvalue weighted by Crippen LogP contribution is 2.24. The first kappa shape index (κ1) is 17.2. The van der Waals surface area contributed by atoms with Gasteiger partial charge in [0.2, 0.25) is 0 Å². The van der Waals surface area contributed by atoms with Crippen molar-refractivity contribution >= 4 is 17.2 Å². The van der Waals surface area contributed by atoms with Crippen LogP contribution in [0, 0.1) is 17.0 Å². The van der Waals surface area contributed by atoms with Gasteiger partial charge >= 0.3 is 0 Å². The number of pyridine rings is 1. The first-order chi connectivity index (χ1) is 12.0. The van der Waals surface area contributed by atoms with Gasteiger partial charge in [-0.25, -0.2) is 4.98 Å². The Labute approximate surface area is 146 Å². The quantitative estimate of drug-likeness (QED) is 0.663. The van der Waals surface area contributed by atoms with E-state index in [1.165, 1.54) is 11.9 Å². The number of anilines is 2. The maximum absolute atomic E-state index is 10.9. The Bertz CT molecular complexity index is 742. The van der Waals surface area contributed by atoms with E-state index in [2.05, 4.69) is 39.5 Å². The fourth-order valence-electron chi connectivity index (χ4n) is 2.92. The molecule has 1 unspecified atom stereocenters. The van der Waals surface area contributed by atoms with Crippen LogP contribution in [0.5, 0.6) is 0 Å². The molecule has 3 rings (SSSR count). The molecule has 0 spiro atoms. The molecule has 2 aromatic rings. The van der Waals surface area contributed by atoms with Gasteiger partial charge in [-0.3, -0.25) is 10.1 Å². The average Bonchev–Trinajstić information content (AvgIpc) is 2.62. The molecule has 1 fully saturated rings. The van der Waals surface area contributed by atoms with Crippen molar-refractivity contribution < 1.29 is 9.66 Å². The molecular weight excluding hydrogens is 320 g/mol. The van der Waals surface area contributed by atoms with Crippen LogP contribution in [0.15, 0.2) is 36.5 Å². The van der Waals surface area contributed by atoms with E-state index in [4.69, 9.17) is 4.74 Å². The molecule has 7 nitrogen and oxygen atoms in total. The first-order valence-electron chi connectivity index (χ1n) is 8.35. The molecule has 1 aliphatic rings. The smallest absolute Gasteiger partial charge is 0.290 e. The third-order valence-corrected chi connectivity index (χ3v) is 4.41. The van der Waals surface area contributed by atoms with Gasteiger partial charge in [-0.2, -0.15) is 0 Å². The van der Waals surface area contributed by atoms with Gasteiger partial charge < -0.3 is 15.0 Å². The van der Waals surface area contributed by atoms with Crippen molar-refractivity contribution in [3.05, 3.63) is 57.8 Å². The predicted molar refractivity (Wildman–Crippen MR) is 97.1 cm³/mol. The number of aromatic nitrogens is 1. The number of ether oxygens (including phenoxy) is 1. The number of aryl methyl sites for hydroxylation is 1. The fourth-order valence-corrected chi connectivity index (χ4v) is 2.92. The monoisotopic (exact) mass is 342 g/mol. The van der Waals surface area contributed by atoms with Gasteiger partial charge in [0.1, 0.15) is 12.0 Å². The second kappa shape index (κ2) is 7.48. The van der Waals surface area contributed by atoms with Crippen LogP contribution in [-0.4, -0.2) is 36.2 Å². The summed E-state index contributed by atoms with van der Waals surface area (Å²) >= 11 is 0. The van der Waals surface area contributed by atoms with Crippen LogP contribution < -0.4 is 10.2 Å². The molecule has 0 amide bonds. The normalized spacial score (nSPS) is 15.7. The molecule has 1 aromatic carbocycles. The lowest BCUT2D eigenvalue weighted by Crippen LogP contribution is -2.36. The standard InChI is InChI=1S/C18H22N4O3/c1-13-11-18(19-12-17(13)22(23)24)20-14(2)15-3-5-16(6-4-15)21-7-9-25-10-8-21/h3-6,11-12,14H,7-10H2,1-2H3,(H,19,20). The van der Waals surface area contributed by atoms with Crippen LogP contribution in [0.2, 0.25) is 0 Å². The van der Waals surface area contributed by atoms with Gasteiger partial charge in [-0.05, 0) is 37.6 Å². The summed E-state index contributed by atoms with van der Waals surface area (Å²) in [5.41, 5.74) is 2.96. The molecule has 132 valence electrons. The number of morpholine rings is 1. The second-order valence-electron chi connectivity index (χ2n) is 6.17. The van der Waals surface area contributed by atoms with E-state index in [1.54, 1.807) is 13.0 Å². The lowest BCUT2D eigenvalue weighted by Gasteiger charge is -2.29. The fraction of sp³-hybridized carbons (Fsp3) is 0.389. The van der Waals surface area contributed by atoms with Crippen LogP contribution in [0.3, 0.4) is 0 Å². The zero-order valence-electron chi connectivity index (χ0n) is 14.4. The molecule has 1 atom stereocenters. The molecule has 0 radical (unpaired) electrons. The van der Waals surface area contributed by atoms with E-state index in [1.807, 2.05) is 6.92 Å². The lowest BCUT2D eigenvalue weighted by atomic mass is 10.1. The van der Waals surface area contributed by atoms with Crippen LogP contribution in [-0.2, 0) is 4.74 Å². The largest absolute Gasteiger partial charge is 0.378 e. The minimum Gasteiger partial charge on any atom is -0.378 e. The molecule has 7 heteroatoms. The van der Waals surface area contributed by atoms with E-state index < -0.39 is 4.92 Å². The zero-order chi connectivity index (χ0) is 17.8. The van der Waals surface area contributed by atoms with Gasteiger partial charge in [-0.15, -0.1) is 0 Å². The zero-order valence-corrected chi connectivity index (χ0v) is 14.4. The maximum Gasteiger partial charge on any atom is 0.290 e. The van der Waals surface area contributed by atoms with Crippen LogP contribution in [0.25, 0.3) is 0 Å². The van der Waals surface area contributed by atoms with Crippen molar-refractivity contribution in [2.24, 2.45) is 0 Å². The molecule has 0 bridgehead atoms. The minimum absolute atomic E-state index is 0.0352. The van der Waals surface area contributed by atoms with Crippen molar-refractivity contribution in [2.45, 2.75) is 19.9 Å². The van der Waals surface area contributed by atoms with Gasteiger partial charge in [0.25, 0.3) is 5.69 Å². The number of hydrogen-bond acceptors (Lipinski definition) is 6. The maximum atomic E-state index is 10.9. The third kappa shape index (κ3) is 4.06. The topological polar surface area (TPSA) is 80.5 Å². The van der Waals surface area contributed by atoms with Crippen LogP contribution in [0.4, 0.5) is 17.2 Å². The molecule has 25 heavy (non-hydrogen) atoms. The SMILES string of the molecule is Cc1cc(NC(C)c2ccc(N3CCOCC3)cc2)ncc1[N+](=O)[O-]. The van der Waals surface area contributed by atoms with Gasteiger partial charge in [0.05, 0.1) is 18.1 Å². The molecule has 1 N–H and O–H groups in total.